The number of halogens is 1. The number of nitrogens with zero attached hydrogens (tertiary/aromatic N) is 3. The fourth-order valence-corrected chi connectivity index (χ4v) is 1.83. The topological polar surface area (TPSA) is 30.2 Å². The summed E-state index contributed by atoms with van der Waals surface area (Å²) in [6.45, 7) is 0. The van der Waals surface area contributed by atoms with Crippen molar-refractivity contribution in [2.75, 3.05) is 0 Å². The summed E-state index contributed by atoms with van der Waals surface area (Å²) < 4.78 is 1.93. The van der Waals surface area contributed by atoms with Gasteiger partial charge in [0.15, 0.2) is 0 Å². The van der Waals surface area contributed by atoms with E-state index in [0.717, 1.165) is 0 Å². The molecule has 0 atom stereocenters. The summed E-state index contributed by atoms with van der Waals surface area (Å²) in [6.07, 6.45) is 5.96. The summed E-state index contributed by atoms with van der Waals surface area (Å²) in [5.74, 6) is 1.37. The molecule has 0 N–H and O–H groups in total. The average Bonchev–Trinajstić information content (AvgIpc) is 2.92. The standard InChI is InChI=1S/C9H8ClN3/c10-8-5-12-9-11-4-3-7(13(8)9)6-1-2-6/h3-6H,1-2H2. The van der Waals surface area contributed by atoms with Gasteiger partial charge in [-0.3, -0.25) is 4.40 Å². The summed E-state index contributed by atoms with van der Waals surface area (Å²) in [4.78, 5) is 8.25. The SMILES string of the molecule is Clc1cnc2nccc(C3CC3)n12. The van der Waals surface area contributed by atoms with Crippen molar-refractivity contribution in [1.29, 1.82) is 0 Å². The molecule has 2 heterocycles. The van der Waals surface area contributed by atoms with Crippen LogP contribution in [0, 0.1) is 0 Å². The summed E-state index contributed by atoms with van der Waals surface area (Å²) >= 11 is 6.01. The number of hydrogen-bond donors (Lipinski definition) is 0. The number of rotatable bonds is 1. The summed E-state index contributed by atoms with van der Waals surface area (Å²) in [5, 5.41) is 0.657. The van der Waals surface area contributed by atoms with Crippen molar-refractivity contribution >= 4 is 17.4 Å². The largest absolute Gasteiger partial charge is 0.271 e. The Balaban J connectivity index is 2.36. The Hall–Kier alpha value is -1.09. The minimum Gasteiger partial charge on any atom is -0.271 e. The molecule has 0 radical (unpaired) electrons. The van der Waals surface area contributed by atoms with Crippen LogP contribution in [0.2, 0.25) is 5.15 Å². The van der Waals surface area contributed by atoms with Gasteiger partial charge in [-0.15, -0.1) is 0 Å². The Morgan fingerprint density at radius 3 is 3.00 bits per heavy atom. The van der Waals surface area contributed by atoms with Crippen molar-refractivity contribution in [3.63, 3.8) is 0 Å². The van der Waals surface area contributed by atoms with E-state index in [1.54, 1.807) is 12.4 Å². The van der Waals surface area contributed by atoms with Crippen LogP contribution < -0.4 is 0 Å². The molecule has 66 valence electrons. The van der Waals surface area contributed by atoms with E-state index in [1.165, 1.54) is 18.5 Å². The molecular formula is C9H8ClN3. The first kappa shape index (κ1) is 7.33. The van der Waals surface area contributed by atoms with Gasteiger partial charge in [-0.1, -0.05) is 11.6 Å². The van der Waals surface area contributed by atoms with Crippen molar-refractivity contribution in [3.8, 4) is 0 Å². The van der Waals surface area contributed by atoms with E-state index in [1.807, 2.05) is 10.5 Å². The molecule has 13 heavy (non-hydrogen) atoms. The maximum Gasteiger partial charge on any atom is 0.235 e. The fraction of sp³-hybridized carbons (Fsp3) is 0.333. The first-order chi connectivity index (χ1) is 6.36. The molecule has 2 aromatic heterocycles. The van der Waals surface area contributed by atoms with Crippen molar-refractivity contribution in [3.05, 3.63) is 29.3 Å². The molecule has 3 rings (SSSR count). The highest BCUT2D eigenvalue weighted by Crippen LogP contribution is 2.40. The van der Waals surface area contributed by atoms with E-state index >= 15 is 0 Å². The van der Waals surface area contributed by atoms with Crippen molar-refractivity contribution in [2.24, 2.45) is 0 Å². The van der Waals surface area contributed by atoms with Crippen LogP contribution in [0.15, 0.2) is 18.5 Å². The molecule has 1 saturated carbocycles. The Morgan fingerprint density at radius 2 is 2.23 bits per heavy atom. The van der Waals surface area contributed by atoms with Gasteiger partial charge in [0.2, 0.25) is 5.78 Å². The molecule has 0 spiro atoms. The fourth-order valence-electron chi connectivity index (χ4n) is 1.60. The zero-order valence-corrected chi connectivity index (χ0v) is 7.70. The Kier molecular flexibility index (Phi) is 1.38. The van der Waals surface area contributed by atoms with Crippen LogP contribution in [-0.2, 0) is 0 Å². The third-order valence-corrected chi connectivity index (χ3v) is 2.66. The first-order valence-corrected chi connectivity index (χ1v) is 4.72. The molecule has 2 aromatic rings. The van der Waals surface area contributed by atoms with E-state index in [0.29, 0.717) is 16.8 Å². The lowest BCUT2D eigenvalue weighted by Crippen LogP contribution is -1.96. The second-order valence-corrected chi connectivity index (χ2v) is 3.75. The number of hydrogen-bond acceptors (Lipinski definition) is 2. The van der Waals surface area contributed by atoms with Crippen LogP contribution in [-0.4, -0.2) is 14.4 Å². The minimum absolute atomic E-state index is 0.657. The maximum absolute atomic E-state index is 6.01. The van der Waals surface area contributed by atoms with Crippen molar-refractivity contribution in [1.82, 2.24) is 14.4 Å². The molecular weight excluding hydrogens is 186 g/mol. The molecule has 1 aliphatic rings. The number of imidazole rings is 1. The molecule has 0 aromatic carbocycles. The third kappa shape index (κ3) is 1.04. The van der Waals surface area contributed by atoms with Gasteiger partial charge >= 0.3 is 0 Å². The van der Waals surface area contributed by atoms with Gasteiger partial charge in [0.1, 0.15) is 5.15 Å². The lowest BCUT2D eigenvalue weighted by molar-refractivity contribution is 0.943. The van der Waals surface area contributed by atoms with Crippen LogP contribution in [0.3, 0.4) is 0 Å². The summed E-state index contributed by atoms with van der Waals surface area (Å²) in [7, 11) is 0. The molecule has 0 aliphatic heterocycles. The molecule has 0 saturated heterocycles. The summed E-state index contributed by atoms with van der Waals surface area (Å²) in [6, 6.07) is 2.03. The predicted octanol–water partition coefficient (Wildman–Crippen LogP) is 2.26. The van der Waals surface area contributed by atoms with Crippen LogP contribution in [0.4, 0.5) is 0 Å². The predicted molar refractivity (Wildman–Crippen MR) is 50.0 cm³/mol. The Morgan fingerprint density at radius 1 is 1.38 bits per heavy atom. The van der Waals surface area contributed by atoms with E-state index in [4.69, 9.17) is 11.6 Å². The van der Waals surface area contributed by atoms with Crippen LogP contribution in [0.1, 0.15) is 24.5 Å². The highest BCUT2D eigenvalue weighted by atomic mass is 35.5. The molecule has 1 fully saturated rings. The Labute approximate surface area is 80.4 Å². The minimum atomic E-state index is 0.657. The monoisotopic (exact) mass is 193 g/mol. The van der Waals surface area contributed by atoms with Crippen molar-refractivity contribution < 1.29 is 0 Å². The zero-order chi connectivity index (χ0) is 8.84. The summed E-state index contributed by atoms with van der Waals surface area (Å²) in [5.41, 5.74) is 1.24. The second-order valence-electron chi connectivity index (χ2n) is 3.36. The van der Waals surface area contributed by atoms with Crippen LogP contribution >= 0.6 is 11.6 Å². The van der Waals surface area contributed by atoms with Crippen LogP contribution in [0.5, 0.6) is 0 Å². The lowest BCUT2D eigenvalue weighted by Gasteiger charge is -2.02. The molecule has 0 bridgehead atoms. The van der Waals surface area contributed by atoms with Gasteiger partial charge < -0.3 is 0 Å². The second kappa shape index (κ2) is 2.45. The highest BCUT2D eigenvalue weighted by Gasteiger charge is 2.26. The number of fused-ring (bicyclic) bond motifs is 1. The van der Waals surface area contributed by atoms with Gasteiger partial charge in [-0.2, -0.15) is 0 Å². The van der Waals surface area contributed by atoms with E-state index < -0.39 is 0 Å². The molecule has 4 heteroatoms. The number of aromatic nitrogens is 3. The highest BCUT2D eigenvalue weighted by molar-refractivity contribution is 6.29. The molecule has 3 nitrogen and oxygen atoms in total. The quantitative estimate of drug-likeness (QED) is 0.696. The zero-order valence-electron chi connectivity index (χ0n) is 6.94. The van der Waals surface area contributed by atoms with Gasteiger partial charge in [-0.25, -0.2) is 9.97 Å². The van der Waals surface area contributed by atoms with Gasteiger partial charge in [0.25, 0.3) is 0 Å². The normalized spacial score (nSPS) is 16.7. The Bertz CT molecular complexity index is 459. The lowest BCUT2D eigenvalue weighted by atomic mass is 10.3. The van der Waals surface area contributed by atoms with E-state index in [-0.39, 0.29) is 0 Å². The first-order valence-electron chi connectivity index (χ1n) is 4.34. The van der Waals surface area contributed by atoms with Gasteiger partial charge in [0, 0.05) is 11.9 Å². The van der Waals surface area contributed by atoms with E-state index in [2.05, 4.69) is 9.97 Å². The third-order valence-electron chi connectivity index (χ3n) is 2.39. The average molecular weight is 194 g/mol. The smallest absolute Gasteiger partial charge is 0.235 e. The van der Waals surface area contributed by atoms with Gasteiger partial charge in [0.05, 0.1) is 6.20 Å². The molecule has 0 unspecified atom stereocenters. The van der Waals surface area contributed by atoms with Gasteiger partial charge in [-0.05, 0) is 24.8 Å². The van der Waals surface area contributed by atoms with E-state index in [9.17, 15) is 0 Å². The van der Waals surface area contributed by atoms with Crippen molar-refractivity contribution in [2.45, 2.75) is 18.8 Å². The maximum atomic E-state index is 6.01. The molecule has 0 amide bonds. The van der Waals surface area contributed by atoms with Crippen LogP contribution in [0.25, 0.3) is 5.78 Å². The molecule has 1 aliphatic carbocycles.